The molecule has 5 heteroatoms. The Kier molecular flexibility index (Phi) is 6.61. The highest BCUT2D eigenvalue weighted by Gasteiger charge is 2.17. The Labute approximate surface area is 161 Å². The molecule has 2 rings (SSSR count). The van der Waals surface area contributed by atoms with E-state index in [4.69, 9.17) is 4.74 Å². The number of carbonyl (C=O) groups is 2. The molecule has 0 spiro atoms. The quantitative estimate of drug-likeness (QED) is 0.817. The van der Waals surface area contributed by atoms with Gasteiger partial charge in [-0.3, -0.25) is 9.59 Å². The highest BCUT2D eigenvalue weighted by atomic mass is 16.5. The molecule has 0 radical (unpaired) electrons. The van der Waals surface area contributed by atoms with Gasteiger partial charge in [-0.05, 0) is 47.7 Å². The molecule has 0 bridgehead atoms. The van der Waals surface area contributed by atoms with Crippen molar-refractivity contribution in [3.8, 4) is 5.75 Å². The third-order valence-electron chi connectivity index (χ3n) is 4.27. The number of rotatable bonds is 6. The van der Waals surface area contributed by atoms with Crippen LogP contribution in [0.2, 0.25) is 0 Å². The van der Waals surface area contributed by atoms with Crippen molar-refractivity contribution in [3.05, 3.63) is 59.7 Å². The molecular formula is C22H28N2O3. The summed E-state index contributed by atoms with van der Waals surface area (Å²) < 4.78 is 5.74. The van der Waals surface area contributed by atoms with Gasteiger partial charge in [0, 0.05) is 12.7 Å². The van der Waals surface area contributed by atoms with Gasteiger partial charge in [0.2, 0.25) is 5.91 Å². The molecule has 0 aliphatic carbocycles. The van der Waals surface area contributed by atoms with Crippen LogP contribution in [-0.2, 0) is 21.4 Å². The lowest BCUT2D eigenvalue weighted by molar-refractivity contribution is -0.122. The van der Waals surface area contributed by atoms with Crippen LogP contribution in [0.15, 0.2) is 48.5 Å². The van der Waals surface area contributed by atoms with Crippen LogP contribution in [0.25, 0.3) is 0 Å². The highest BCUT2D eigenvalue weighted by molar-refractivity contribution is 5.94. The first kappa shape index (κ1) is 20.5. The summed E-state index contributed by atoms with van der Waals surface area (Å²) in [5.74, 6) is 0.381. The molecule has 0 aromatic heterocycles. The van der Waals surface area contributed by atoms with Crippen LogP contribution in [0.5, 0.6) is 5.75 Å². The lowest BCUT2D eigenvalue weighted by atomic mass is 9.87. The fourth-order valence-corrected chi connectivity index (χ4v) is 2.51. The number of nitrogens with one attached hydrogen (secondary N) is 2. The molecule has 1 unspecified atom stereocenters. The van der Waals surface area contributed by atoms with Crippen molar-refractivity contribution in [2.75, 3.05) is 12.4 Å². The molecule has 1 atom stereocenters. The van der Waals surface area contributed by atoms with Gasteiger partial charge in [0.15, 0.2) is 6.10 Å². The van der Waals surface area contributed by atoms with Gasteiger partial charge in [-0.2, -0.15) is 0 Å². The van der Waals surface area contributed by atoms with Gasteiger partial charge in [0.25, 0.3) is 5.91 Å². The van der Waals surface area contributed by atoms with E-state index in [0.717, 1.165) is 5.56 Å². The van der Waals surface area contributed by atoms with Gasteiger partial charge in [0.1, 0.15) is 5.75 Å². The van der Waals surface area contributed by atoms with Crippen LogP contribution >= 0.6 is 0 Å². The van der Waals surface area contributed by atoms with E-state index in [9.17, 15) is 9.59 Å². The van der Waals surface area contributed by atoms with Crippen LogP contribution in [0, 0.1) is 0 Å². The first-order chi connectivity index (χ1) is 12.7. The average molecular weight is 368 g/mol. The molecule has 144 valence electrons. The van der Waals surface area contributed by atoms with E-state index in [1.165, 1.54) is 5.56 Å². The standard InChI is InChI=1S/C22H28N2O3/c1-15(27-19-12-8-17(9-13-19)22(2,3)4)21(26)24-18-10-6-16(7-11-18)14-20(25)23-5/h6-13,15H,14H2,1-5H3,(H,23,25)(H,24,26). The van der Waals surface area contributed by atoms with Crippen LogP contribution < -0.4 is 15.4 Å². The van der Waals surface area contributed by atoms with E-state index in [2.05, 4.69) is 31.4 Å². The number of amides is 2. The zero-order chi connectivity index (χ0) is 20.0. The Morgan fingerprint density at radius 1 is 1.00 bits per heavy atom. The minimum Gasteiger partial charge on any atom is -0.481 e. The smallest absolute Gasteiger partial charge is 0.265 e. The van der Waals surface area contributed by atoms with E-state index < -0.39 is 6.10 Å². The third kappa shape index (κ3) is 6.13. The van der Waals surface area contributed by atoms with E-state index >= 15 is 0 Å². The lowest BCUT2D eigenvalue weighted by Gasteiger charge is -2.20. The summed E-state index contributed by atoms with van der Waals surface area (Å²) in [6.07, 6.45) is -0.314. The predicted molar refractivity (Wildman–Crippen MR) is 108 cm³/mol. The number of benzene rings is 2. The second-order valence-corrected chi connectivity index (χ2v) is 7.57. The molecule has 0 aliphatic heterocycles. The Balaban J connectivity index is 1.92. The number of anilines is 1. The predicted octanol–water partition coefficient (Wildman–Crippen LogP) is 3.68. The van der Waals surface area contributed by atoms with Gasteiger partial charge < -0.3 is 15.4 Å². The Morgan fingerprint density at radius 2 is 1.59 bits per heavy atom. The molecule has 0 saturated heterocycles. The van der Waals surface area contributed by atoms with Crippen molar-refractivity contribution >= 4 is 17.5 Å². The minimum atomic E-state index is -0.629. The second kappa shape index (κ2) is 8.71. The van der Waals surface area contributed by atoms with Crippen molar-refractivity contribution in [1.29, 1.82) is 0 Å². The number of ether oxygens (including phenoxy) is 1. The largest absolute Gasteiger partial charge is 0.481 e. The van der Waals surface area contributed by atoms with Crippen molar-refractivity contribution in [2.24, 2.45) is 0 Å². The first-order valence-corrected chi connectivity index (χ1v) is 9.06. The Morgan fingerprint density at radius 3 is 2.11 bits per heavy atom. The topological polar surface area (TPSA) is 67.4 Å². The van der Waals surface area contributed by atoms with Crippen molar-refractivity contribution in [3.63, 3.8) is 0 Å². The third-order valence-corrected chi connectivity index (χ3v) is 4.27. The van der Waals surface area contributed by atoms with Gasteiger partial charge in [-0.15, -0.1) is 0 Å². The van der Waals surface area contributed by atoms with E-state index in [1.807, 2.05) is 36.4 Å². The van der Waals surface area contributed by atoms with Gasteiger partial charge in [-0.25, -0.2) is 0 Å². The van der Waals surface area contributed by atoms with E-state index in [-0.39, 0.29) is 17.2 Å². The molecule has 0 saturated carbocycles. The van der Waals surface area contributed by atoms with Crippen LogP contribution in [0.4, 0.5) is 5.69 Å². The maximum absolute atomic E-state index is 12.4. The van der Waals surface area contributed by atoms with E-state index in [1.54, 1.807) is 26.1 Å². The van der Waals surface area contributed by atoms with Crippen molar-refractivity contribution < 1.29 is 14.3 Å². The number of hydrogen-bond donors (Lipinski definition) is 2. The Hall–Kier alpha value is -2.82. The zero-order valence-electron chi connectivity index (χ0n) is 16.6. The molecule has 0 aliphatic rings. The van der Waals surface area contributed by atoms with Crippen molar-refractivity contribution in [2.45, 2.75) is 45.6 Å². The summed E-state index contributed by atoms with van der Waals surface area (Å²) in [4.78, 5) is 23.7. The minimum absolute atomic E-state index is 0.0497. The molecule has 2 amide bonds. The molecule has 2 aromatic carbocycles. The maximum atomic E-state index is 12.4. The number of hydrogen-bond acceptors (Lipinski definition) is 3. The maximum Gasteiger partial charge on any atom is 0.265 e. The monoisotopic (exact) mass is 368 g/mol. The molecule has 27 heavy (non-hydrogen) atoms. The summed E-state index contributed by atoms with van der Waals surface area (Å²) >= 11 is 0. The first-order valence-electron chi connectivity index (χ1n) is 9.06. The van der Waals surface area contributed by atoms with Crippen LogP contribution in [0.1, 0.15) is 38.8 Å². The van der Waals surface area contributed by atoms with Gasteiger partial charge >= 0.3 is 0 Å². The molecule has 2 aromatic rings. The van der Waals surface area contributed by atoms with E-state index in [0.29, 0.717) is 17.9 Å². The summed E-state index contributed by atoms with van der Waals surface area (Å²) in [6, 6.07) is 15.0. The van der Waals surface area contributed by atoms with Gasteiger partial charge in [0.05, 0.1) is 6.42 Å². The number of carbonyl (C=O) groups excluding carboxylic acids is 2. The molecule has 0 fully saturated rings. The van der Waals surface area contributed by atoms with Crippen LogP contribution in [-0.4, -0.2) is 25.0 Å². The summed E-state index contributed by atoms with van der Waals surface area (Å²) in [6.45, 7) is 8.17. The fraction of sp³-hybridized carbons (Fsp3) is 0.364. The molecule has 5 nitrogen and oxygen atoms in total. The SMILES string of the molecule is CNC(=O)Cc1ccc(NC(=O)C(C)Oc2ccc(C(C)(C)C)cc2)cc1. The zero-order valence-corrected chi connectivity index (χ0v) is 16.6. The summed E-state index contributed by atoms with van der Waals surface area (Å²) in [7, 11) is 1.61. The average Bonchev–Trinajstić information content (AvgIpc) is 2.62. The number of likely N-dealkylation sites (N-methyl/N-ethyl adjacent to an activating group) is 1. The summed E-state index contributed by atoms with van der Waals surface area (Å²) in [5, 5.41) is 5.41. The van der Waals surface area contributed by atoms with Crippen molar-refractivity contribution in [1.82, 2.24) is 5.32 Å². The van der Waals surface area contributed by atoms with Gasteiger partial charge in [-0.1, -0.05) is 45.0 Å². The highest BCUT2D eigenvalue weighted by Crippen LogP contribution is 2.24. The second-order valence-electron chi connectivity index (χ2n) is 7.57. The lowest BCUT2D eigenvalue weighted by Crippen LogP contribution is -2.30. The molecular weight excluding hydrogens is 340 g/mol. The fourth-order valence-electron chi connectivity index (χ4n) is 2.51. The normalized spacial score (nSPS) is 12.2. The molecule has 2 N–H and O–H groups in total. The summed E-state index contributed by atoms with van der Waals surface area (Å²) in [5.41, 5.74) is 2.84. The Bertz CT molecular complexity index is 775. The molecule has 0 heterocycles. The van der Waals surface area contributed by atoms with Crippen LogP contribution in [0.3, 0.4) is 0 Å².